The number of benzene rings is 2. The van der Waals surface area contributed by atoms with E-state index in [1.165, 1.54) is 4.90 Å². The highest BCUT2D eigenvalue weighted by molar-refractivity contribution is 9.09. The average Bonchev–Trinajstić information content (AvgIpc) is 3.52. The lowest BCUT2D eigenvalue weighted by Crippen LogP contribution is -2.58. The maximum Gasteiger partial charge on any atom is 0.328 e. The molecule has 0 aliphatic carbocycles. The van der Waals surface area contributed by atoms with Crippen LogP contribution in [-0.2, 0) is 35.3 Å². The molecule has 18 heteroatoms. The minimum Gasteiger partial charge on any atom is -0.481 e. The number of nitrogens with zero attached hydrogens (tertiary/aromatic N) is 3. The van der Waals surface area contributed by atoms with Gasteiger partial charge in [-0.1, -0.05) is 67.0 Å². The summed E-state index contributed by atoms with van der Waals surface area (Å²) >= 11 is 2.91. The van der Waals surface area contributed by atoms with Gasteiger partial charge in [0.05, 0.1) is 30.4 Å². The highest BCUT2D eigenvalue weighted by atomic mass is 79.9. The summed E-state index contributed by atoms with van der Waals surface area (Å²) in [5.41, 5.74) is 12.4. The van der Waals surface area contributed by atoms with Gasteiger partial charge in [-0.05, 0) is 41.7 Å². The zero-order valence-electron chi connectivity index (χ0n) is 30.5. The number of carbonyl (C=O) groups is 6. The minimum absolute atomic E-state index is 0.0195. The van der Waals surface area contributed by atoms with E-state index in [1.54, 1.807) is 16.8 Å². The summed E-state index contributed by atoms with van der Waals surface area (Å²) in [6.07, 6.45) is 0.438. The second-order valence-corrected chi connectivity index (χ2v) is 14.5. The Bertz CT molecular complexity index is 1870. The van der Waals surface area contributed by atoms with E-state index in [4.69, 9.17) is 11.5 Å². The van der Waals surface area contributed by atoms with Gasteiger partial charge in [0.25, 0.3) is 0 Å². The number of aliphatic hydroxyl groups is 1. The molecule has 3 aromatic rings. The van der Waals surface area contributed by atoms with Crippen molar-refractivity contribution in [2.45, 2.75) is 64.3 Å². The first-order valence-electron chi connectivity index (χ1n) is 17.0. The van der Waals surface area contributed by atoms with E-state index in [9.17, 15) is 48.5 Å². The van der Waals surface area contributed by atoms with Gasteiger partial charge in [0.15, 0.2) is 0 Å². The smallest absolute Gasteiger partial charge is 0.328 e. The summed E-state index contributed by atoms with van der Waals surface area (Å²) in [7, 11) is 0. The van der Waals surface area contributed by atoms with Gasteiger partial charge in [-0.25, -0.2) is 13.6 Å². The normalized spacial score (nSPS) is 13.6. The molecule has 4 atom stereocenters. The number of nitrogens with one attached hydrogen (secondary N) is 1. The molecule has 0 spiro atoms. The van der Waals surface area contributed by atoms with Crippen molar-refractivity contribution in [2.75, 3.05) is 25.0 Å². The molecule has 3 rings (SSSR count). The Morgan fingerprint density at radius 2 is 1.62 bits per heavy atom. The first-order chi connectivity index (χ1) is 25.8. The fourth-order valence-corrected chi connectivity index (χ4v) is 6.50. The van der Waals surface area contributed by atoms with Gasteiger partial charge >= 0.3 is 11.9 Å². The highest BCUT2D eigenvalue weighted by Gasteiger charge is 2.38. The molecule has 298 valence electrons. The van der Waals surface area contributed by atoms with Crippen LogP contribution < -0.4 is 16.8 Å². The third-order valence-electron chi connectivity index (χ3n) is 8.75. The Kier molecular flexibility index (Phi) is 15.6. The number of halogens is 3. The van der Waals surface area contributed by atoms with Crippen molar-refractivity contribution in [1.82, 2.24) is 19.7 Å². The zero-order valence-corrected chi connectivity index (χ0v) is 32.0. The molecule has 0 saturated carbocycles. The van der Waals surface area contributed by atoms with Crippen LogP contribution in [0.1, 0.15) is 50.9 Å². The van der Waals surface area contributed by atoms with Crippen molar-refractivity contribution in [3.63, 3.8) is 0 Å². The molecule has 0 radical (unpaired) electrons. The number of aromatic nitrogens is 1. The SMILES string of the molecule is CC(C)(C)[C@H](c1cc(-c2cc(F)ccc2F)cn1Cc1ccccc1)N(CC[C@H](N)C(=O)N[C@H](CN(C(=O)CBr)[C@@H](CC(=O)O)C(N)=O)C(=O)O)C(=O)CO. The van der Waals surface area contributed by atoms with Crippen molar-refractivity contribution < 1.29 is 52.9 Å². The first kappa shape index (κ1) is 44.2. The standard InChI is InChI=1S/C37H45BrF2N6O9/c1-37(2,3)33(28-13-22(24-14-23(39)9-10-25(24)40)18-44(28)17-21-7-5-4-6-8-21)45(31(49)20-47)12-11-26(41)35(53)43-27(36(54)55)19-46(30(48)16-38)29(34(42)52)15-32(50)51/h4-10,13-14,18,26-27,29,33,47H,11-12,15-17,19-20,41H2,1-3H3,(H2,42,52)(H,43,53)(H,50,51)(H,54,55)/t26-,27+,29-,33-/m0/s1. The van der Waals surface area contributed by atoms with E-state index in [-0.39, 0.29) is 25.1 Å². The molecule has 0 unspecified atom stereocenters. The molecule has 0 aliphatic heterocycles. The van der Waals surface area contributed by atoms with Crippen LogP contribution in [0.15, 0.2) is 60.8 Å². The zero-order chi connectivity index (χ0) is 41.2. The van der Waals surface area contributed by atoms with Crippen molar-refractivity contribution in [3.8, 4) is 11.1 Å². The van der Waals surface area contributed by atoms with Gasteiger partial charge in [-0.2, -0.15) is 0 Å². The lowest BCUT2D eigenvalue weighted by molar-refractivity contribution is -0.148. The lowest BCUT2D eigenvalue weighted by atomic mass is 9.82. The molecule has 0 saturated heterocycles. The Balaban J connectivity index is 1.98. The van der Waals surface area contributed by atoms with Crippen molar-refractivity contribution in [3.05, 3.63) is 83.7 Å². The fourth-order valence-electron chi connectivity index (χ4n) is 6.18. The minimum atomic E-state index is -1.86. The molecule has 1 heterocycles. The van der Waals surface area contributed by atoms with E-state index in [2.05, 4.69) is 21.2 Å². The fraction of sp³-hybridized carbons (Fsp3) is 0.405. The monoisotopic (exact) mass is 834 g/mol. The number of amides is 4. The topological polar surface area (TPSA) is 239 Å². The maximum absolute atomic E-state index is 15.0. The van der Waals surface area contributed by atoms with Crippen LogP contribution in [-0.4, -0.2) is 108 Å². The van der Waals surface area contributed by atoms with Gasteiger partial charge in [0, 0.05) is 36.1 Å². The van der Waals surface area contributed by atoms with E-state index in [1.807, 2.05) is 51.1 Å². The summed E-state index contributed by atoms with van der Waals surface area (Å²) in [5.74, 6) is -8.32. The third-order valence-corrected chi connectivity index (χ3v) is 9.23. The molecular formula is C37H45BrF2N6O9. The number of nitrogens with two attached hydrogens (primary N) is 2. The van der Waals surface area contributed by atoms with Gasteiger partial charge in [-0.15, -0.1) is 0 Å². The summed E-state index contributed by atoms with van der Waals surface area (Å²) < 4.78 is 31.2. The van der Waals surface area contributed by atoms with Gasteiger partial charge in [0.2, 0.25) is 23.6 Å². The van der Waals surface area contributed by atoms with Crippen LogP contribution in [0.3, 0.4) is 0 Å². The summed E-state index contributed by atoms with van der Waals surface area (Å²) in [4.78, 5) is 77.0. The van der Waals surface area contributed by atoms with Crippen LogP contribution in [0, 0.1) is 17.0 Å². The van der Waals surface area contributed by atoms with Crippen LogP contribution in [0.4, 0.5) is 8.78 Å². The van der Waals surface area contributed by atoms with Crippen LogP contribution in [0.2, 0.25) is 0 Å². The number of hydrogen-bond acceptors (Lipinski definition) is 8. The largest absolute Gasteiger partial charge is 0.481 e. The Morgan fingerprint density at radius 3 is 2.16 bits per heavy atom. The molecule has 4 amide bonds. The molecule has 1 aromatic heterocycles. The molecule has 2 aromatic carbocycles. The molecule has 0 bridgehead atoms. The van der Waals surface area contributed by atoms with E-state index in [0.29, 0.717) is 16.2 Å². The van der Waals surface area contributed by atoms with E-state index < -0.39 is 102 Å². The second kappa shape index (κ2) is 19.4. The molecule has 0 fully saturated rings. The predicted octanol–water partition coefficient (Wildman–Crippen LogP) is 2.23. The van der Waals surface area contributed by atoms with Gasteiger partial charge < -0.3 is 46.5 Å². The van der Waals surface area contributed by atoms with Crippen LogP contribution in [0.5, 0.6) is 0 Å². The number of aliphatic carboxylic acids is 2. The average molecular weight is 836 g/mol. The number of aliphatic hydroxyl groups excluding tert-OH is 1. The number of carbonyl (C=O) groups excluding carboxylic acids is 4. The number of carboxylic acid groups (broad SMARTS) is 2. The van der Waals surface area contributed by atoms with Gasteiger partial charge in [-0.3, -0.25) is 24.0 Å². The molecule has 15 nitrogen and oxygen atoms in total. The maximum atomic E-state index is 15.0. The number of hydrogen-bond donors (Lipinski definition) is 6. The van der Waals surface area contributed by atoms with Gasteiger partial charge in [0.1, 0.15) is 30.3 Å². The third kappa shape index (κ3) is 11.9. The van der Waals surface area contributed by atoms with Crippen molar-refractivity contribution in [2.24, 2.45) is 16.9 Å². The molecule has 55 heavy (non-hydrogen) atoms. The number of rotatable bonds is 19. The van der Waals surface area contributed by atoms with Crippen LogP contribution >= 0.6 is 15.9 Å². The quantitative estimate of drug-likeness (QED) is 0.0964. The molecule has 0 aliphatic rings. The van der Waals surface area contributed by atoms with E-state index in [0.717, 1.165) is 23.8 Å². The van der Waals surface area contributed by atoms with Crippen LogP contribution in [0.25, 0.3) is 11.1 Å². The summed E-state index contributed by atoms with van der Waals surface area (Å²) in [6.45, 7) is 3.71. The number of carboxylic acids is 2. The van der Waals surface area contributed by atoms with E-state index >= 15 is 4.39 Å². The first-order valence-corrected chi connectivity index (χ1v) is 18.2. The lowest BCUT2D eigenvalue weighted by Gasteiger charge is -2.41. The Hall–Kier alpha value is -5.20. The Morgan fingerprint density at radius 1 is 0.964 bits per heavy atom. The highest BCUT2D eigenvalue weighted by Crippen LogP contribution is 2.41. The number of primary amides is 1. The summed E-state index contributed by atoms with van der Waals surface area (Å²) in [6, 6.07) is 8.00. The molecular weight excluding hydrogens is 790 g/mol. The predicted molar refractivity (Wildman–Crippen MR) is 199 cm³/mol. The summed E-state index contributed by atoms with van der Waals surface area (Å²) in [5, 5.41) is 31.0. The van der Waals surface area contributed by atoms with Crippen molar-refractivity contribution >= 4 is 51.5 Å². The second-order valence-electron chi connectivity index (χ2n) is 13.9. The number of alkyl halides is 1. The molecule has 8 N–H and O–H groups in total. The Labute approximate surface area is 324 Å². The van der Waals surface area contributed by atoms with Crippen molar-refractivity contribution in [1.29, 1.82) is 0 Å².